The molecular formula is C53H48N2. The van der Waals surface area contributed by atoms with Crippen LogP contribution in [0.3, 0.4) is 0 Å². The number of aliphatic imine (C=N–C) groups is 2. The maximum atomic E-state index is 5.12. The number of allylic oxidation sites excluding steroid dienone is 2. The fourth-order valence-electron chi connectivity index (χ4n) is 8.26. The van der Waals surface area contributed by atoms with Crippen molar-refractivity contribution in [3.63, 3.8) is 0 Å². The number of hydrogen-bond acceptors (Lipinski definition) is 1. The fraction of sp³-hybridized carbons (Fsp3) is 0.170. The van der Waals surface area contributed by atoms with E-state index in [-0.39, 0.29) is 5.41 Å². The third-order valence-corrected chi connectivity index (χ3v) is 11.4. The maximum Gasteiger partial charge on any atom is 0.159 e. The van der Waals surface area contributed by atoms with E-state index in [2.05, 4.69) is 183 Å². The van der Waals surface area contributed by atoms with Gasteiger partial charge in [0.05, 0.1) is 5.70 Å². The second-order valence-corrected chi connectivity index (χ2v) is 14.9. The first-order chi connectivity index (χ1) is 27.1. The second kappa shape index (κ2) is 16.5. The van der Waals surface area contributed by atoms with Crippen molar-refractivity contribution in [2.45, 2.75) is 57.3 Å². The summed E-state index contributed by atoms with van der Waals surface area (Å²) in [5.74, 6) is 0.702. The molecule has 6 aromatic carbocycles. The Kier molecular flexibility index (Phi) is 10.8. The minimum atomic E-state index is -0.00781. The topological polar surface area (TPSA) is 24.7 Å². The summed E-state index contributed by atoms with van der Waals surface area (Å²) in [6.07, 6.45) is 14.7. The van der Waals surface area contributed by atoms with Gasteiger partial charge in [-0.2, -0.15) is 0 Å². The zero-order chi connectivity index (χ0) is 37.5. The lowest BCUT2D eigenvalue weighted by atomic mass is 9.65. The van der Waals surface area contributed by atoms with Crippen LogP contribution in [-0.2, 0) is 5.41 Å². The first kappa shape index (κ1) is 35.9. The molecule has 1 saturated carbocycles. The maximum absolute atomic E-state index is 5.12. The van der Waals surface area contributed by atoms with Gasteiger partial charge in [0.1, 0.15) is 0 Å². The minimum absolute atomic E-state index is 0.00781. The van der Waals surface area contributed by atoms with Crippen molar-refractivity contribution in [2.24, 2.45) is 9.98 Å². The average Bonchev–Trinajstić information content (AvgIpc) is 3.27. The number of hydrogen-bond donors (Lipinski definition) is 0. The van der Waals surface area contributed by atoms with E-state index in [0.717, 1.165) is 53.8 Å². The molecule has 0 heterocycles. The Labute approximate surface area is 327 Å². The summed E-state index contributed by atoms with van der Waals surface area (Å²) in [6, 6.07) is 57.0. The van der Waals surface area contributed by atoms with Crippen LogP contribution in [0.4, 0.5) is 0 Å². The minimum Gasteiger partial charge on any atom is -0.233 e. The van der Waals surface area contributed by atoms with Crippen LogP contribution < -0.4 is 0 Å². The third kappa shape index (κ3) is 8.05. The van der Waals surface area contributed by atoms with Crippen LogP contribution in [0.1, 0.15) is 74.1 Å². The van der Waals surface area contributed by atoms with Gasteiger partial charge in [0.2, 0.25) is 0 Å². The Bertz CT molecular complexity index is 2370. The predicted molar refractivity (Wildman–Crippen MR) is 235 cm³/mol. The average molecular weight is 713 g/mol. The lowest BCUT2D eigenvalue weighted by Crippen LogP contribution is -2.30. The molecular weight excluding hydrogens is 665 g/mol. The summed E-state index contributed by atoms with van der Waals surface area (Å²) in [5.41, 5.74) is 14.9. The Morgan fingerprint density at radius 3 is 1.62 bits per heavy atom. The van der Waals surface area contributed by atoms with E-state index in [1.54, 1.807) is 0 Å². The normalized spacial score (nSPS) is 15.7. The Morgan fingerprint density at radius 2 is 1.02 bits per heavy atom. The lowest BCUT2D eigenvalue weighted by Gasteiger charge is -2.39. The molecule has 6 aromatic rings. The molecule has 0 saturated heterocycles. The number of amidine groups is 1. The summed E-state index contributed by atoms with van der Waals surface area (Å²) in [4.78, 5) is 10.2. The molecule has 0 radical (unpaired) electrons. The van der Waals surface area contributed by atoms with Gasteiger partial charge in [0.25, 0.3) is 0 Å². The molecule has 0 N–H and O–H groups in total. The van der Waals surface area contributed by atoms with Crippen molar-refractivity contribution in [3.8, 4) is 33.4 Å². The molecule has 0 spiro atoms. The van der Waals surface area contributed by atoms with Crippen LogP contribution in [0.15, 0.2) is 198 Å². The quantitative estimate of drug-likeness (QED) is 0.105. The van der Waals surface area contributed by atoms with E-state index in [4.69, 9.17) is 9.98 Å². The van der Waals surface area contributed by atoms with Gasteiger partial charge in [-0.05, 0) is 94.3 Å². The Balaban J connectivity index is 1.05. The van der Waals surface area contributed by atoms with E-state index in [9.17, 15) is 0 Å². The summed E-state index contributed by atoms with van der Waals surface area (Å²) in [5, 5.41) is 0. The SMILES string of the molecule is C=C(/N=C(\N=C(/C)c1ccc(-c2ccccc2)cc1)C1=CCCC=C1)c1ccc(C2(c3ccc(-c4cccc(-c5ccccc5)c4)cc3)CCCCC2)cc1. The highest BCUT2D eigenvalue weighted by Crippen LogP contribution is 2.45. The molecule has 2 aliphatic carbocycles. The van der Waals surface area contributed by atoms with Crippen molar-refractivity contribution in [1.82, 2.24) is 0 Å². The highest BCUT2D eigenvalue weighted by Gasteiger charge is 2.35. The van der Waals surface area contributed by atoms with Crippen LogP contribution in [0.5, 0.6) is 0 Å². The van der Waals surface area contributed by atoms with Crippen LogP contribution in [0.2, 0.25) is 0 Å². The van der Waals surface area contributed by atoms with E-state index in [1.807, 2.05) is 6.07 Å². The van der Waals surface area contributed by atoms with Gasteiger partial charge in [-0.15, -0.1) is 0 Å². The van der Waals surface area contributed by atoms with Gasteiger partial charge in [-0.1, -0.05) is 196 Å². The highest BCUT2D eigenvalue weighted by atomic mass is 14.9. The zero-order valence-electron chi connectivity index (χ0n) is 31.8. The van der Waals surface area contributed by atoms with Crippen LogP contribution in [-0.4, -0.2) is 11.5 Å². The molecule has 2 nitrogen and oxygen atoms in total. The second-order valence-electron chi connectivity index (χ2n) is 14.9. The van der Waals surface area contributed by atoms with Gasteiger partial charge >= 0.3 is 0 Å². The smallest absolute Gasteiger partial charge is 0.159 e. The van der Waals surface area contributed by atoms with E-state index in [1.165, 1.54) is 63.8 Å². The van der Waals surface area contributed by atoms with Gasteiger partial charge in [0, 0.05) is 16.7 Å². The molecule has 270 valence electrons. The van der Waals surface area contributed by atoms with E-state index < -0.39 is 0 Å². The Hall–Kier alpha value is -6.12. The Morgan fingerprint density at radius 1 is 0.509 bits per heavy atom. The molecule has 0 aliphatic heterocycles. The fourth-order valence-corrected chi connectivity index (χ4v) is 8.26. The standard InChI is InChI=1S/C53H48N2/c1-39(41-24-26-45(27-25-41)43-16-7-3-8-17-43)54-52(47-20-11-5-12-21-47)55-40(2)42-28-32-50(33-29-42)53(36-13-6-14-37-53)51-34-30-46(31-35-51)49-23-15-22-48(38-49)44-18-9-4-10-19-44/h3-4,7-11,15-35,38H,2,5-6,12-14,36-37H2,1H3/b54-39+,55-52-. The molecule has 2 heteroatoms. The molecule has 0 aromatic heterocycles. The third-order valence-electron chi connectivity index (χ3n) is 11.4. The summed E-state index contributed by atoms with van der Waals surface area (Å²) < 4.78 is 0. The predicted octanol–water partition coefficient (Wildman–Crippen LogP) is 14.1. The number of rotatable bonds is 9. The highest BCUT2D eigenvalue weighted by molar-refractivity contribution is 6.13. The van der Waals surface area contributed by atoms with Crippen molar-refractivity contribution < 1.29 is 0 Å². The first-order valence-electron chi connectivity index (χ1n) is 19.8. The molecule has 55 heavy (non-hydrogen) atoms. The van der Waals surface area contributed by atoms with Crippen LogP contribution in [0.25, 0.3) is 39.1 Å². The van der Waals surface area contributed by atoms with Gasteiger partial charge in [0.15, 0.2) is 5.84 Å². The summed E-state index contributed by atoms with van der Waals surface area (Å²) in [7, 11) is 0. The van der Waals surface area contributed by atoms with Crippen LogP contribution in [0, 0.1) is 0 Å². The largest absolute Gasteiger partial charge is 0.233 e. The lowest BCUT2D eigenvalue weighted by molar-refractivity contribution is 0.346. The van der Waals surface area contributed by atoms with Gasteiger partial charge < -0.3 is 0 Å². The number of nitrogens with zero attached hydrogens (tertiary/aromatic N) is 2. The molecule has 8 rings (SSSR count). The molecule has 0 atom stereocenters. The van der Waals surface area contributed by atoms with Gasteiger partial charge in [-0.25, -0.2) is 9.98 Å². The first-order valence-corrected chi connectivity index (χ1v) is 19.8. The molecule has 0 unspecified atom stereocenters. The zero-order valence-corrected chi connectivity index (χ0v) is 31.8. The molecule has 0 bridgehead atoms. The molecule has 2 aliphatic rings. The molecule has 1 fully saturated rings. The molecule has 0 amide bonds. The summed E-state index contributed by atoms with van der Waals surface area (Å²) >= 11 is 0. The van der Waals surface area contributed by atoms with E-state index in [0.29, 0.717) is 5.84 Å². The monoisotopic (exact) mass is 712 g/mol. The summed E-state index contributed by atoms with van der Waals surface area (Å²) in [6.45, 7) is 6.52. The van der Waals surface area contributed by atoms with Crippen LogP contribution >= 0.6 is 0 Å². The number of benzene rings is 6. The van der Waals surface area contributed by atoms with Crippen molar-refractivity contribution in [2.75, 3.05) is 0 Å². The van der Waals surface area contributed by atoms with Gasteiger partial charge in [-0.3, -0.25) is 0 Å². The van der Waals surface area contributed by atoms with Crippen molar-refractivity contribution >= 4 is 17.2 Å². The van der Waals surface area contributed by atoms with Crippen molar-refractivity contribution in [3.05, 3.63) is 210 Å². The van der Waals surface area contributed by atoms with E-state index >= 15 is 0 Å². The van der Waals surface area contributed by atoms with Crippen molar-refractivity contribution in [1.29, 1.82) is 0 Å².